The van der Waals surface area contributed by atoms with E-state index in [2.05, 4.69) is 36.1 Å². The molecule has 1 saturated heterocycles. The lowest BCUT2D eigenvalue weighted by molar-refractivity contribution is -0.138. The number of halogens is 4. The molecule has 1 heterocycles. The van der Waals surface area contributed by atoms with Gasteiger partial charge in [0.15, 0.2) is 0 Å². The fraction of sp³-hybridized carbons (Fsp3) is 0.367. The molecule has 3 aromatic carbocycles. The van der Waals surface area contributed by atoms with E-state index in [1.165, 1.54) is 17.0 Å². The van der Waals surface area contributed by atoms with Gasteiger partial charge in [0.1, 0.15) is 5.75 Å². The Morgan fingerprint density at radius 2 is 1.79 bits per heavy atom. The van der Waals surface area contributed by atoms with Crippen LogP contribution in [-0.4, -0.2) is 43.1 Å². The molecule has 0 aromatic heterocycles. The zero-order valence-corrected chi connectivity index (χ0v) is 22.6. The Kier molecular flexibility index (Phi) is 8.56. The van der Waals surface area contributed by atoms with E-state index in [9.17, 15) is 18.0 Å². The van der Waals surface area contributed by atoms with Gasteiger partial charge in [-0.25, -0.2) is 0 Å². The predicted octanol–water partition coefficient (Wildman–Crippen LogP) is 7.86. The Labute approximate surface area is 227 Å². The second kappa shape index (κ2) is 11.7. The molecule has 0 saturated carbocycles. The monoisotopic (exact) mass is 544 g/mol. The number of benzene rings is 3. The maximum Gasteiger partial charge on any atom is 0.417 e. The first-order valence-corrected chi connectivity index (χ1v) is 13.3. The highest BCUT2D eigenvalue weighted by molar-refractivity contribution is 6.30. The molecule has 1 atom stereocenters. The summed E-state index contributed by atoms with van der Waals surface area (Å²) in [5.74, 6) is 0.204. The van der Waals surface area contributed by atoms with Crippen LogP contribution < -0.4 is 9.64 Å². The Morgan fingerprint density at radius 3 is 2.45 bits per heavy atom. The summed E-state index contributed by atoms with van der Waals surface area (Å²) in [4.78, 5) is 17.0. The van der Waals surface area contributed by atoms with E-state index in [-0.39, 0.29) is 16.6 Å². The van der Waals surface area contributed by atoms with Crippen LogP contribution in [0.5, 0.6) is 5.75 Å². The van der Waals surface area contributed by atoms with Crippen LogP contribution >= 0.6 is 11.6 Å². The smallest absolute Gasteiger partial charge is 0.417 e. The van der Waals surface area contributed by atoms with Crippen molar-refractivity contribution in [3.8, 4) is 16.9 Å². The number of hydrogen-bond acceptors (Lipinski definition) is 3. The van der Waals surface area contributed by atoms with Crippen molar-refractivity contribution >= 4 is 23.2 Å². The molecule has 0 bridgehead atoms. The minimum absolute atomic E-state index is 0.0550. The van der Waals surface area contributed by atoms with Crippen LogP contribution in [0.25, 0.3) is 11.1 Å². The second-order valence-electron chi connectivity index (χ2n) is 9.50. The van der Waals surface area contributed by atoms with Gasteiger partial charge in [0.2, 0.25) is 0 Å². The van der Waals surface area contributed by atoms with E-state index in [0.717, 1.165) is 47.0 Å². The number of rotatable bonds is 7. The number of nitrogens with zero attached hydrogens (tertiary/aromatic N) is 2. The summed E-state index contributed by atoms with van der Waals surface area (Å²) in [6.45, 7) is 7.85. The lowest BCUT2D eigenvalue weighted by Crippen LogP contribution is -2.55. The summed E-state index contributed by atoms with van der Waals surface area (Å²) in [6, 6.07) is 17.5. The van der Waals surface area contributed by atoms with E-state index in [4.69, 9.17) is 16.3 Å². The summed E-state index contributed by atoms with van der Waals surface area (Å²) in [5.41, 5.74) is 2.73. The van der Waals surface area contributed by atoms with E-state index < -0.39 is 17.6 Å². The third-order valence-corrected chi connectivity index (χ3v) is 7.22. The van der Waals surface area contributed by atoms with E-state index in [1.807, 2.05) is 32.0 Å². The average Bonchev–Trinajstić information content (AvgIpc) is 2.91. The largest absolute Gasteiger partial charge is 0.493 e. The van der Waals surface area contributed by atoms with Crippen molar-refractivity contribution < 1.29 is 22.7 Å². The number of amides is 1. The molecule has 38 heavy (non-hydrogen) atoms. The summed E-state index contributed by atoms with van der Waals surface area (Å²) in [7, 11) is 0. The van der Waals surface area contributed by atoms with Crippen LogP contribution in [0.1, 0.15) is 48.2 Å². The molecule has 0 radical (unpaired) electrons. The molecule has 0 spiro atoms. The van der Waals surface area contributed by atoms with Crippen molar-refractivity contribution in [2.24, 2.45) is 0 Å². The molecule has 1 fully saturated rings. The highest BCUT2D eigenvalue weighted by Crippen LogP contribution is 2.40. The fourth-order valence-electron chi connectivity index (χ4n) is 5.04. The topological polar surface area (TPSA) is 32.8 Å². The van der Waals surface area contributed by atoms with Gasteiger partial charge in [-0.15, -0.1) is 0 Å². The van der Waals surface area contributed by atoms with Gasteiger partial charge in [-0.3, -0.25) is 4.79 Å². The summed E-state index contributed by atoms with van der Waals surface area (Å²) >= 11 is 5.81. The standard InChI is InChI=1S/C30H32ClF3N2O2/c1-4-17-38-28-20(3)27(14-13-24(28)21-9-7-6-8-10-21)36-16-15-35(19-23(36)5-2)29(37)25-12-11-22(31)18-26(25)30(32,33)34/h6-14,18,23H,4-5,15-17,19H2,1-3H3/t23-/m1/s1. The molecule has 1 aliphatic heterocycles. The molecule has 4 nitrogen and oxygen atoms in total. The van der Waals surface area contributed by atoms with Gasteiger partial charge in [-0.05, 0) is 55.7 Å². The van der Waals surface area contributed by atoms with Crippen molar-refractivity contribution in [1.29, 1.82) is 0 Å². The van der Waals surface area contributed by atoms with E-state index >= 15 is 0 Å². The average molecular weight is 545 g/mol. The molecule has 0 unspecified atom stereocenters. The van der Waals surface area contributed by atoms with Crippen LogP contribution in [0.3, 0.4) is 0 Å². The molecular formula is C30H32ClF3N2O2. The maximum atomic E-state index is 13.7. The van der Waals surface area contributed by atoms with Crippen molar-refractivity contribution in [2.75, 3.05) is 31.1 Å². The maximum absolute atomic E-state index is 13.7. The fourth-order valence-corrected chi connectivity index (χ4v) is 5.21. The van der Waals surface area contributed by atoms with Gasteiger partial charge < -0.3 is 14.5 Å². The zero-order chi connectivity index (χ0) is 27.4. The van der Waals surface area contributed by atoms with Gasteiger partial charge in [-0.1, -0.05) is 55.8 Å². The minimum atomic E-state index is -4.67. The molecule has 0 aliphatic carbocycles. The van der Waals surface area contributed by atoms with Crippen LogP contribution in [0.4, 0.5) is 18.9 Å². The highest BCUT2D eigenvalue weighted by Gasteiger charge is 2.38. The van der Waals surface area contributed by atoms with Crippen molar-refractivity contribution in [1.82, 2.24) is 4.90 Å². The molecule has 202 valence electrons. The molecule has 0 N–H and O–H groups in total. The van der Waals surface area contributed by atoms with Gasteiger partial charge in [0.05, 0.1) is 17.7 Å². The number of anilines is 1. The van der Waals surface area contributed by atoms with Crippen molar-refractivity contribution in [2.45, 2.75) is 45.8 Å². The second-order valence-corrected chi connectivity index (χ2v) is 9.93. The SMILES string of the molecule is CCCOc1c(-c2ccccc2)ccc(N2CCN(C(=O)c3ccc(Cl)cc3C(F)(F)F)C[C@H]2CC)c1C. The third-order valence-electron chi connectivity index (χ3n) is 6.98. The Morgan fingerprint density at radius 1 is 1.05 bits per heavy atom. The molecule has 8 heteroatoms. The Hall–Kier alpha value is -3.19. The number of hydrogen-bond donors (Lipinski definition) is 0. The normalized spacial score (nSPS) is 16.0. The van der Waals surface area contributed by atoms with Gasteiger partial charge in [0, 0.05) is 47.5 Å². The Balaban J connectivity index is 1.63. The van der Waals surface area contributed by atoms with E-state index in [0.29, 0.717) is 26.2 Å². The minimum Gasteiger partial charge on any atom is -0.493 e. The Bertz CT molecular complexity index is 1280. The quantitative estimate of drug-likeness (QED) is 0.303. The van der Waals surface area contributed by atoms with Gasteiger partial charge >= 0.3 is 6.18 Å². The summed E-state index contributed by atoms with van der Waals surface area (Å²) < 4.78 is 47.2. The first-order chi connectivity index (χ1) is 18.2. The molecule has 1 amide bonds. The van der Waals surface area contributed by atoms with Crippen LogP contribution in [-0.2, 0) is 6.18 Å². The van der Waals surface area contributed by atoms with Crippen LogP contribution in [0.15, 0.2) is 60.7 Å². The number of alkyl halides is 3. The summed E-state index contributed by atoms with van der Waals surface area (Å²) in [6.07, 6.45) is -3.07. The van der Waals surface area contributed by atoms with Crippen molar-refractivity contribution in [3.63, 3.8) is 0 Å². The van der Waals surface area contributed by atoms with Gasteiger partial charge in [-0.2, -0.15) is 13.2 Å². The zero-order valence-electron chi connectivity index (χ0n) is 21.8. The lowest BCUT2D eigenvalue weighted by atomic mass is 9.98. The lowest BCUT2D eigenvalue weighted by Gasteiger charge is -2.43. The highest BCUT2D eigenvalue weighted by atomic mass is 35.5. The number of carbonyl (C=O) groups excluding carboxylic acids is 1. The van der Waals surface area contributed by atoms with Crippen molar-refractivity contribution in [3.05, 3.63) is 82.4 Å². The number of carbonyl (C=O) groups is 1. The van der Waals surface area contributed by atoms with Gasteiger partial charge in [0.25, 0.3) is 5.91 Å². The van der Waals surface area contributed by atoms with Crippen LogP contribution in [0, 0.1) is 6.92 Å². The molecular weight excluding hydrogens is 513 g/mol. The third kappa shape index (κ3) is 5.78. The predicted molar refractivity (Wildman–Crippen MR) is 146 cm³/mol. The molecule has 1 aliphatic rings. The number of piperazine rings is 1. The first-order valence-electron chi connectivity index (χ1n) is 12.9. The van der Waals surface area contributed by atoms with E-state index in [1.54, 1.807) is 0 Å². The molecule has 4 rings (SSSR count). The first kappa shape index (κ1) is 27.8. The van der Waals surface area contributed by atoms with Crippen LogP contribution in [0.2, 0.25) is 5.02 Å². The number of ether oxygens (including phenoxy) is 1. The summed E-state index contributed by atoms with van der Waals surface area (Å²) in [5, 5.41) is -0.0550. The molecule has 3 aromatic rings.